The van der Waals surface area contributed by atoms with Gasteiger partial charge in [0, 0.05) is 0 Å². The van der Waals surface area contributed by atoms with Gasteiger partial charge < -0.3 is 4.74 Å². The van der Waals surface area contributed by atoms with Gasteiger partial charge in [-0.15, -0.1) is 0 Å². The molecule has 0 aliphatic heterocycles. The number of halogens is 1. The molecule has 0 amide bonds. The fraction of sp³-hybridized carbons (Fsp3) is 0.412. The predicted octanol–water partition coefficient (Wildman–Crippen LogP) is 5.17. The third-order valence-electron chi connectivity index (χ3n) is 3.94. The number of benzene rings is 1. The Kier molecular flexibility index (Phi) is 4.84. The van der Waals surface area contributed by atoms with E-state index >= 15 is 0 Å². The van der Waals surface area contributed by atoms with Gasteiger partial charge in [-0.05, 0) is 36.0 Å². The van der Waals surface area contributed by atoms with Gasteiger partial charge in [-0.2, -0.15) is 0 Å². The predicted molar refractivity (Wildman–Crippen MR) is 86.3 cm³/mol. The van der Waals surface area contributed by atoms with Crippen molar-refractivity contribution >= 4 is 11.6 Å². The highest BCUT2D eigenvalue weighted by Gasteiger charge is 2.18. The second-order valence-corrected chi connectivity index (χ2v) is 6.02. The van der Waals surface area contributed by atoms with Gasteiger partial charge in [-0.1, -0.05) is 51.4 Å². The molecule has 0 N–H and O–H groups in total. The topological polar surface area (TPSA) is 35.0 Å². The van der Waals surface area contributed by atoms with Crippen LogP contribution in [0.3, 0.4) is 0 Å². The molecule has 0 saturated carbocycles. The summed E-state index contributed by atoms with van der Waals surface area (Å²) < 4.78 is 5.85. The first-order valence-corrected chi connectivity index (χ1v) is 7.63. The molecule has 0 saturated heterocycles. The van der Waals surface area contributed by atoms with Crippen LogP contribution in [0.5, 0.6) is 11.6 Å². The second-order valence-electron chi connectivity index (χ2n) is 5.67. The van der Waals surface area contributed by atoms with Crippen molar-refractivity contribution in [3.05, 3.63) is 46.9 Å². The number of hydrogen-bond donors (Lipinski definition) is 0. The Morgan fingerprint density at radius 2 is 1.76 bits per heavy atom. The minimum atomic E-state index is 0.172. The first kappa shape index (κ1) is 15.8. The van der Waals surface area contributed by atoms with Crippen LogP contribution in [0.2, 0.25) is 5.15 Å². The zero-order valence-electron chi connectivity index (χ0n) is 13.0. The molecule has 21 heavy (non-hydrogen) atoms. The van der Waals surface area contributed by atoms with Gasteiger partial charge in [0.05, 0.1) is 5.56 Å². The molecule has 1 aromatic carbocycles. The normalized spacial score (nSPS) is 11.5. The highest BCUT2D eigenvalue weighted by atomic mass is 35.5. The maximum Gasteiger partial charge on any atom is 0.226 e. The summed E-state index contributed by atoms with van der Waals surface area (Å²) in [6.07, 6.45) is 3.25. The molecule has 0 fully saturated rings. The Bertz CT molecular complexity index is 609. The lowest BCUT2D eigenvalue weighted by Crippen LogP contribution is -2.14. The van der Waals surface area contributed by atoms with E-state index in [0.717, 1.165) is 24.2 Å². The lowest BCUT2D eigenvalue weighted by atomic mass is 9.82. The fourth-order valence-corrected chi connectivity index (χ4v) is 2.31. The second kappa shape index (κ2) is 6.44. The summed E-state index contributed by atoms with van der Waals surface area (Å²) in [5.74, 6) is 1.29. The van der Waals surface area contributed by atoms with Gasteiger partial charge in [0.1, 0.15) is 17.2 Å². The van der Waals surface area contributed by atoms with Crippen LogP contribution < -0.4 is 4.74 Å². The van der Waals surface area contributed by atoms with E-state index in [4.69, 9.17) is 16.3 Å². The molecule has 0 bridgehead atoms. The summed E-state index contributed by atoms with van der Waals surface area (Å²) in [5.41, 5.74) is 2.30. The van der Waals surface area contributed by atoms with Crippen LogP contribution in [0, 0.1) is 0 Å². The van der Waals surface area contributed by atoms with Crippen molar-refractivity contribution in [3.63, 3.8) is 0 Å². The van der Waals surface area contributed by atoms with Gasteiger partial charge in [-0.3, -0.25) is 0 Å². The summed E-state index contributed by atoms with van der Waals surface area (Å²) >= 11 is 6.07. The maximum absolute atomic E-state index is 6.07. The molecule has 112 valence electrons. The molecule has 0 aliphatic rings. The highest BCUT2D eigenvalue weighted by molar-refractivity contribution is 6.30. The number of nitrogens with zero attached hydrogens (tertiary/aromatic N) is 2. The van der Waals surface area contributed by atoms with Crippen molar-refractivity contribution < 1.29 is 4.74 Å². The van der Waals surface area contributed by atoms with Crippen LogP contribution in [-0.4, -0.2) is 9.97 Å². The van der Waals surface area contributed by atoms with Crippen molar-refractivity contribution in [2.75, 3.05) is 0 Å². The quantitative estimate of drug-likeness (QED) is 0.715. The molecule has 2 aromatic rings. The molecule has 1 aromatic heterocycles. The lowest BCUT2D eigenvalue weighted by Gasteiger charge is -2.23. The third kappa shape index (κ3) is 3.53. The van der Waals surface area contributed by atoms with E-state index in [2.05, 4.69) is 42.9 Å². The smallest absolute Gasteiger partial charge is 0.226 e. The molecule has 0 unspecified atom stereocenters. The third-order valence-corrected chi connectivity index (χ3v) is 4.27. The monoisotopic (exact) mass is 304 g/mol. The Hall–Kier alpha value is -1.61. The van der Waals surface area contributed by atoms with Crippen molar-refractivity contribution in [1.29, 1.82) is 0 Å². The molecule has 2 rings (SSSR count). The average Bonchev–Trinajstić information content (AvgIpc) is 2.48. The molecule has 0 aliphatic carbocycles. The van der Waals surface area contributed by atoms with Crippen molar-refractivity contribution in [2.45, 2.75) is 46.0 Å². The van der Waals surface area contributed by atoms with E-state index < -0.39 is 0 Å². The van der Waals surface area contributed by atoms with Crippen LogP contribution in [0.4, 0.5) is 0 Å². The zero-order valence-corrected chi connectivity index (χ0v) is 13.7. The van der Waals surface area contributed by atoms with Gasteiger partial charge in [-0.25, -0.2) is 9.97 Å². The Labute approximate surface area is 131 Å². The van der Waals surface area contributed by atoms with Crippen LogP contribution in [0.1, 0.15) is 45.2 Å². The van der Waals surface area contributed by atoms with Crippen molar-refractivity contribution in [1.82, 2.24) is 9.97 Å². The van der Waals surface area contributed by atoms with E-state index in [1.807, 2.05) is 19.1 Å². The molecule has 0 spiro atoms. The van der Waals surface area contributed by atoms with Gasteiger partial charge in [0.2, 0.25) is 5.88 Å². The minimum absolute atomic E-state index is 0.172. The number of rotatable bonds is 5. The lowest BCUT2D eigenvalue weighted by molar-refractivity contribution is 0.453. The number of hydrogen-bond acceptors (Lipinski definition) is 3. The minimum Gasteiger partial charge on any atom is -0.439 e. The largest absolute Gasteiger partial charge is 0.439 e. The Morgan fingerprint density at radius 1 is 1.10 bits per heavy atom. The summed E-state index contributed by atoms with van der Waals surface area (Å²) in [7, 11) is 0. The van der Waals surface area contributed by atoms with Gasteiger partial charge in [0.15, 0.2) is 0 Å². The first-order valence-electron chi connectivity index (χ1n) is 7.25. The molecule has 1 heterocycles. The molecule has 4 heteroatoms. The van der Waals surface area contributed by atoms with Gasteiger partial charge in [0.25, 0.3) is 0 Å². The average molecular weight is 305 g/mol. The number of aromatic nitrogens is 2. The number of ether oxygens (including phenoxy) is 1. The first-order chi connectivity index (χ1) is 9.97. The summed E-state index contributed by atoms with van der Waals surface area (Å²) in [6.45, 7) is 8.68. The molecular formula is C17H21ClN2O. The summed E-state index contributed by atoms with van der Waals surface area (Å²) in [6, 6.07) is 8.16. The zero-order chi connectivity index (χ0) is 15.5. The highest BCUT2D eigenvalue weighted by Crippen LogP contribution is 2.31. The van der Waals surface area contributed by atoms with Crippen molar-refractivity contribution in [3.8, 4) is 11.6 Å². The molecule has 0 atom stereocenters. The Morgan fingerprint density at radius 3 is 2.33 bits per heavy atom. The van der Waals surface area contributed by atoms with Crippen molar-refractivity contribution in [2.24, 2.45) is 0 Å². The maximum atomic E-state index is 6.07. The molecule has 3 nitrogen and oxygen atoms in total. The van der Waals surface area contributed by atoms with Crippen LogP contribution in [-0.2, 0) is 11.8 Å². The SMILES string of the molecule is CCc1c(Cl)ncnc1Oc1ccc(C(C)(C)CC)cc1. The van der Waals surface area contributed by atoms with Crippen LogP contribution >= 0.6 is 11.6 Å². The van der Waals surface area contributed by atoms with E-state index in [1.165, 1.54) is 11.9 Å². The summed E-state index contributed by atoms with van der Waals surface area (Å²) in [4.78, 5) is 8.16. The summed E-state index contributed by atoms with van der Waals surface area (Å²) in [5, 5.41) is 0.450. The van der Waals surface area contributed by atoms with Gasteiger partial charge >= 0.3 is 0 Å². The van der Waals surface area contributed by atoms with E-state index in [-0.39, 0.29) is 5.41 Å². The fourth-order valence-electron chi connectivity index (χ4n) is 2.05. The van der Waals surface area contributed by atoms with E-state index in [1.54, 1.807) is 0 Å². The Balaban J connectivity index is 2.24. The van der Waals surface area contributed by atoms with Crippen LogP contribution in [0.15, 0.2) is 30.6 Å². The van der Waals surface area contributed by atoms with E-state index in [9.17, 15) is 0 Å². The standard InChI is InChI=1S/C17H21ClN2O/c1-5-14-15(18)19-11-20-16(14)21-13-9-7-12(8-10-13)17(3,4)6-2/h7-11H,5-6H2,1-4H3. The van der Waals surface area contributed by atoms with E-state index in [0.29, 0.717) is 11.0 Å². The van der Waals surface area contributed by atoms with Crippen LogP contribution in [0.25, 0.3) is 0 Å². The molecule has 0 radical (unpaired) electrons. The molecular weight excluding hydrogens is 284 g/mol.